The summed E-state index contributed by atoms with van der Waals surface area (Å²) in [7, 11) is 0. The lowest BCUT2D eigenvalue weighted by Crippen LogP contribution is -2.42. The van der Waals surface area contributed by atoms with Gasteiger partial charge in [0.15, 0.2) is 0 Å². The van der Waals surface area contributed by atoms with Crippen LogP contribution in [0, 0.1) is 11.3 Å². The summed E-state index contributed by atoms with van der Waals surface area (Å²) in [5.41, 5.74) is 1.69. The molecule has 2 heterocycles. The second-order valence-corrected chi connectivity index (χ2v) is 11.0. The van der Waals surface area contributed by atoms with E-state index in [2.05, 4.69) is 29.6 Å². The van der Waals surface area contributed by atoms with Gasteiger partial charge >= 0.3 is 18.0 Å². The van der Waals surface area contributed by atoms with Crippen molar-refractivity contribution in [1.82, 2.24) is 10.2 Å². The number of carbonyl (C=O) groups is 3. The molecule has 0 unspecified atom stereocenters. The second kappa shape index (κ2) is 12.3. The Balaban J connectivity index is 0.00000361. The van der Waals surface area contributed by atoms with E-state index < -0.39 is 11.4 Å². The summed E-state index contributed by atoms with van der Waals surface area (Å²) in [5, 5.41) is 3.41. The summed E-state index contributed by atoms with van der Waals surface area (Å²) in [4.78, 5) is 41.2. The highest BCUT2D eigenvalue weighted by Gasteiger charge is 2.38. The van der Waals surface area contributed by atoms with Crippen molar-refractivity contribution in [3.8, 4) is 0 Å². The Hall–Kier alpha value is -2.32. The van der Waals surface area contributed by atoms with Crippen LogP contribution in [0.3, 0.4) is 0 Å². The largest absolute Gasteiger partial charge is 0.428 e. The van der Waals surface area contributed by atoms with Crippen molar-refractivity contribution >= 4 is 36.1 Å². The molecule has 2 saturated heterocycles. The fraction of sp³-hybridized carbons (Fsp3) is 0.667. The van der Waals surface area contributed by atoms with E-state index in [9.17, 15) is 14.4 Å². The van der Waals surface area contributed by atoms with E-state index in [4.69, 9.17) is 9.47 Å². The number of amides is 2. The first-order valence-electron chi connectivity index (χ1n) is 13.0. The Morgan fingerprint density at radius 2 is 1.58 bits per heavy atom. The summed E-state index contributed by atoms with van der Waals surface area (Å²) in [5.74, 6) is -0.333. The highest BCUT2D eigenvalue weighted by atomic mass is 35.5. The number of carbonyl (C=O) groups excluding carboxylic acids is 3. The molecule has 0 bridgehead atoms. The van der Waals surface area contributed by atoms with Crippen LogP contribution in [0.2, 0.25) is 0 Å². The minimum atomic E-state index is -0.629. The zero-order valence-corrected chi connectivity index (χ0v) is 22.5. The molecule has 4 rings (SSSR count). The van der Waals surface area contributed by atoms with E-state index in [0.717, 1.165) is 44.5 Å². The lowest BCUT2D eigenvalue weighted by atomic mass is 9.85. The van der Waals surface area contributed by atoms with Gasteiger partial charge in [0.2, 0.25) is 6.79 Å². The predicted molar refractivity (Wildman–Crippen MR) is 140 cm³/mol. The molecule has 1 aromatic rings. The minimum absolute atomic E-state index is 0. The molecule has 0 aromatic heterocycles. The van der Waals surface area contributed by atoms with Crippen molar-refractivity contribution in [2.75, 3.05) is 37.9 Å². The average molecular weight is 522 g/mol. The summed E-state index contributed by atoms with van der Waals surface area (Å²) in [6.07, 6.45) is 5.21. The average Bonchev–Trinajstić information content (AvgIpc) is 3.25. The molecule has 1 N–H and O–H groups in total. The zero-order valence-electron chi connectivity index (χ0n) is 21.7. The van der Waals surface area contributed by atoms with Crippen LogP contribution in [0.15, 0.2) is 24.3 Å². The first-order chi connectivity index (χ1) is 16.7. The van der Waals surface area contributed by atoms with Crippen molar-refractivity contribution in [2.45, 2.75) is 71.3 Å². The molecule has 8 nitrogen and oxygen atoms in total. The van der Waals surface area contributed by atoms with Crippen molar-refractivity contribution in [3.05, 3.63) is 29.8 Å². The van der Waals surface area contributed by atoms with E-state index in [1.54, 1.807) is 20.8 Å². The van der Waals surface area contributed by atoms with E-state index in [1.807, 2.05) is 9.80 Å². The molecule has 1 aromatic carbocycles. The molecule has 1 saturated carbocycles. The van der Waals surface area contributed by atoms with Crippen LogP contribution in [-0.2, 0) is 19.1 Å². The molecule has 200 valence electrons. The van der Waals surface area contributed by atoms with Crippen molar-refractivity contribution in [3.63, 3.8) is 0 Å². The van der Waals surface area contributed by atoms with Crippen LogP contribution < -0.4 is 10.2 Å². The lowest BCUT2D eigenvalue weighted by Gasteiger charge is -2.33. The maximum Gasteiger partial charge on any atom is 0.324 e. The molecule has 2 amide bonds. The number of rotatable bonds is 6. The number of hydrogen-bond donors (Lipinski definition) is 1. The van der Waals surface area contributed by atoms with Gasteiger partial charge in [0.1, 0.15) is 0 Å². The van der Waals surface area contributed by atoms with Gasteiger partial charge in [0.25, 0.3) is 0 Å². The highest BCUT2D eigenvalue weighted by Crippen LogP contribution is 2.33. The quantitative estimate of drug-likeness (QED) is 0.439. The minimum Gasteiger partial charge on any atom is -0.428 e. The van der Waals surface area contributed by atoms with Crippen molar-refractivity contribution < 1.29 is 23.9 Å². The van der Waals surface area contributed by atoms with Gasteiger partial charge in [-0.1, -0.05) is 12.1 Å². The molecular formula is C27H40ClN3O5. The van der Waals surface area contributed by atoms with Gasteiger partial charge < -0.3 is 19.7 Å². The smallest absolute Gasteiger partial charge is 0.324 e. The molecule has 1 aliphatic carbocycles. The lowest BCUT2D eigenvalue weighted by molar-refractivity contribution is -0.176. The summed E-state index contributed by atoms with van der Waals surface area (Å²) in [6.45, 7) is 8.44. The maximum absolute atomic E-state index is 13.2. The van der Waals surface area contributed by atoms with Gasteiger partial charge in [-0.15, -0.1) is 12.4 Å². The number of nitrogens with one attached hydrogen (secondary N) is 1. The Kier molecular flexibility index (Phi) is 9.64. The number of piperidine rings is 1. The maximum atomic E-state index is 13.2. The molecule has 0 atom stereocenters. The third-order valence-corrected chi connectivity index (χ3v) is 7.53. The molecule has 3 fully saturated rings. The number of benzene rings is 1. The van der Waals surface area contributed by atoms with Crippen molar-refractivity contribution in [1.29, 1.82) is 0 Å². The van der Waals surface area contributed by atoms with Crippen LogP contribution in [0.4, 0.5) is 10.5 Å². The standard InChI is InChI=1S/C27H39N3O5.ClH/c1-27(2,3)25(32)35-18-34-24(31)21-6-10-23(11-7-21)30-17-16-29(26(30)33)22-8-4-19(5-9-22)20-12-14-28-15-13-20;/h4-5,8-9,20-21,23,28H,6-7,10-18H2,1-3H3;1H/t21-,23-;. The zero-order chi connectivity index (χ0) is 25.0. The molecular weight excluding hydrogens is 482 g/mol. The summed E-state index contributed by atoms with van der Waals surface area (Å²) < 4.78 is 10.2. The number of hydrogen-bond acceptors (Lipinski definition) is 6. The normalized spacial score (nSPS) is 23.2. The number of urea groups is 1. The molecule has 36 heavy (non-hydrogen) atoms. The summed E-state index contributed by atoms with van der Waals surface area (Å²) >= 11 is 0. The topological polar surface area (TPSA) is 88.2 Å². The van der Waals surface area contributed by atoms with Gasteiger partial charge in [-0.2, -0.15) is 0 Å². The Morgan fingerprint density at radius 3 is 2.19 bits per heavy atom. The fourth-order valence-corrected chi connectivity index (χ4v) is 5.31. The molecule has 0 radical (unpaired) electrons. The number of anilines is 1. The number of ether oxygens (including phenoxy) is 2. The second-order valence-electron chi connectivity index (χ2n) is 11.0. The molecule has 2 aliphatic heterocycles. The third-order valence-electron chi connectivity index (χ3n) is 7.53. The van der Waals surface area contributed by atoms with Gasteiger partial charge in [-0.05, 0) is 96.0 Å². The third kappa shape index (κ3) is 6.71. The van der Waals surface area contributed by atoms with E-state index in [0.29, 0.717) is 31.8 Å². The first kappa shape index (κ1) is 28.3. The molecule has 0 spiro atoms. The number of halogens is 1. The SMILES string of the molecule is CC(C)(C)C(=O)OCOC(=O)[C@H]1CC[C@H](N2CCN(c3ccc(C4CCNCC4)cc3)C2=O)CC1.Cl. The Morgan fingerprint density at radius 1 is 0.944 bits per heavy atom. The molecule has 3 aliphatic rings. The predicted octanol–water partition coefficient (Wildman–Crippen LogP) is 4.47. The summed E-state index contributed by atoms with van der Waals surface area (Å²) in [6, 6.07) is 8.72. The van der Waals surface area contributed by atoms with E-state index >= 15 is 0 Å². The van der Waals surface area contributed by atoms with Gasteiger partial charge in [-0.3, -0.25) is 14.5 Å². The van der Waals surface area contributed by atoms with Gasteiger partial charge in [0.05, 0.1) is 11.3 Å². The first-order valence-corrected chi connectivity index (χ1v) is 13.0. The van der Waals surface area contributed by atoms with E-state index in [-0.39, 0.29) is 43.2 Å². The fourth-order valence-electron chi connectivity index (χ4n) is 5.31. The van der Waals surface area contributed by atoms with Crippen LogP contribution in [-0.4, -0.2) is 61.9 Å². The van der Waals surface area contributed by atoms with Gasteiger partial charge in [0, 0.05) is 24.8 Å². The van der Waals surface area contributed by atoms with E-state index in [1.165, 1.54) is 5.56 Å². The number of nitrogens with zero attached hydrogens (tertiary/aromatic N) is 2. The van der Waals surface area contributed by atoms with Crippen molar-refractivity contribution in [2.24, 2.45) is 11.3 Å². The highest BCUT2D eigenvalue weighted by molar-refractivity contribution is 5.94. The number of esters is 2. The van der Waals surface area contributed by atoms with Crippen LogP contribution in [0.5, 0.6) is 0 Å². The monoisotopic (exact) mass is 521 g/mol. The van der Waals surface area contributed by atoms with Crippen LogP contribution in [0.1, 0.15) is 70.8 Å². The van der Waals surface area contributed by atoms with Gasteiger partial charge in [-0.25, -0.2) is 4.79 Å². The van der Waals surface area contributed by atoms with Crippen LogP contribution >= 0.6 is 12.4 Å². The Bertz CT molecular complexity index is 903. The molecule has 9 heteroatoms. The Labute approximate surface area is 220 Å². The van der Waals surface area contributed by atoms with Crippen LogP contribution in [0.25, 0.3) is 0 Å².